The summed E-state index contributed by atoms with van der Waals surface area (Å²) in [6.45, 7) is 3.59. The third kappa shape index (κ3) is 4.59. The Morgan fingerprint density at radius 2 is 1.70 bits per heavy atom. The number of piperidine rings is 1. The van der Waals surface area contributed by atoms with Crippen LogP contribution in [-0.2, 0) is 4.79 Å². The van der Waals surface area contributed by atoms with Gasteiger partial charge in [-0.25, -0.2) is 0 Å². The number of thioether (sulfide) groups is 1. The van der Waals surface area contributed by atoms with Crippen LogP contribution in [0.1, 0.15) is 25.7 Å². The first-order valence-corrected chi connectivity index (χ1v) is 10.9. The van der Waals surface area contributed by atoms with Crippen LogP contribution in [0.25, 0.3) is 0 Å². The summed E-state index contributed by atoms with van der Waals surface area (Å²) in [6, 6.07) is 16.7. The number of carbonyl (C=O) groups excluding carboxylic acids is 1. The Hall–Kier alpha value is -2.14. The number of benzene rings is 2. The highest BCUT2D eigenvalue weighted by Gasteiger charge is 2.18. The third-order valence-corrected chi connectivity index (χ3v) is 6.39. The average Bonchev–Trinajstić information content (AvgIpc) is 2.92. The Morgan fingerprint density at radius 1 is 0.926 bits per heavy atom. The van der Waals surface area contributed by atoms with E-state index in [2.05, 4.69) is 51.5 Å². The summed E-state index contributed by atoms with van der Waals surface area (Å²) in [6.07, 6.45) is 4.97. The van der Waals surface area contributed by atoms with Crippen molar-refractivity contribution in [3.63, 3.8) is 0 Å². The SMILES string of the molecule is O=C(CN1CCCSc2ccccc21)Nc1ccc(N2CCCCC2)cc1. The van der Waals surface area contributed by atoms with Crippen molar-refractivity contribution in [3.05, 3.63) is 48.5 Å². The van der Waals surface area contributed by atoms with Crippen molar-refractivity contribution in [2.24, 2.45) is 0 Å². The molecule has 0 spiro atoms. The molecular weight excluding hydrogens is 354 g/mol. The molecule has 27 heavy (non-hydrogen) atoms. The predicted molar refractivity (Wildman–Crippen MR) is 115 cm³/mol. The minimum Gasteiger partial charge on any atom is -0.372 e. The Kier molecular flexibility index (Phi) is 5.87. The summed E-state index contributed by atoms with van der Waals surface area (Å²) in [5, 5.41) is 3.06. The van der Waals surface area contributed by atoms with Crippen molar-refractivity contribution >= 4 is 34.7 Å². The number of para-hydroxylation sites is 1. The van der Waals surface area contributed by atoms with Gasteiger partial charge in [0.1, 0.15) is 0 Å². The summed E-state index contributed by atoms with van der Waals surface area (Å²) < 4.78 is 0. The van der Waals surface area contributed by atoms with Crippen molar-refractivity contribution in [2.75, 3.05) is 47.0 Å². The number of nitrogens with zero attached hydrogens (tertiary/aromatic N) is 2. The van der Waals surface area contributed by atoms with E-state index in [0.717, 1.165) is 37.5 Å². The van der Waals surface area contributed by atoms with E-state index in [9.17, 15) is 4.79 Å². The monoisotopic (exact) mass is 381 g/mol. The number of anilines is 3. The Bertz CT molecular complexity index is 771. The van der Waals surface area contributed by atoms with Crippen LogP contribution < -0.4 is 15.1 Å². The number of fused-ring (bicyclic) bond motifs is 1. The molecule has 1 saturated heterocycles. The van der Waals surface area contributed by atoms with Crippen LogP contribution in [0.3, 0.4) is 0 Å². The fourth-order valence-corrected chi connectivity index (χ4v) is 4.86. The zero-order valence-electron chi connectivity index (χ0n) is 15.7. The molecule has 0 atom stereocenters. The molecule has 0 aromatic heterocycles. The van der Waals surface area contributed by atoms with E-state index in [0.29, 0.717) is 6.54 Å². The van der Waals surface area contributed by atoms with Gasteiger partial charge in [0.15, 0.2) is 0 Å². The minimum atomic E-state index is 0.0439. The van der Waals surface area contributed by atoms with Gasteiger partial charge in [-0.3, -0.25) is 4.79 Å². The summed E-state index contributed by atoms with van der Waals surface area (Å²) >= 11 is 1.88. The topological polar surface area (TPSA) is 35.6 Å². The first-order valence-electron chi connectivity index (χ1n) is 9.91. The van der Waals surface area contributed by atoms with E-state index in [1.807, 2.05) is 23.9 Å². The number of nitrogens with one attached hydrogen (secondary N) is 1. The van der Waals surface area contributed by atoms with Crippen molar-refractivity contribution < 1.29 is 4.79 Å². The van der Waals surface area contributed by atoms with Gasteiger partial charge >= 0.3 is 0 Å². The van der Waals surface area contributed by atoms with Crippen molar-refractivity contribution in [1.82, 2.24) is 0 Å². The average molecular weight is 382 g/mol. The first-order chi connectivity index (χ1) is 13.3. The maximum atomic E-state index is 12.6. The summed E-state index contributed by atoms with van der Waals surface area (Å²) in [7, 11) is 0. The van der Waals surface area contributed by atoms with Crippen molar-refractivity contribution in [3.8, 4) is 0 Å². The maximum Gasteiger partial charge on any atom is 0.243 e. The molecule has 2 aromatic carbocycles. The quantitative estimate of drug-likeness (QED) is 0.838. The molecular formula is C22H27N3OS. The number of rotatable bonds is 4. The lowest BCUT2D eigenvalue weighted by Crippen LogP contribution is -2.34. The summed E-state index contributed by atoms with van der Waals surface area (Å²) in [4.78, 5) is 18.5. The molecule has 0 aliphatic carbocycles. The van der Waals surface area contributed by atoms with E-state index in [4.69, 9.17) is 0 Å². The molecule has 0 saturated carbocycles. The molecule has 4 rings (SSSR count). The second-order valence-corrected chi connectivity index (χ2v) is 8.37. The summed E-state index contributed by atoms with van der Waals surface area (Å²) in [5.41, 5.74) is 3.31. The maximum absolute atomic E-state index is 12.6. The highest BCUT2D eigenvalue weighted by atomic mass is 32.2. The lowest BCUT2D eigenvalue weighted by Gasteiger charge is -2.29. The highest BCUT2D eigenvalue weighted by Crippen LogP contribution is 2.33. The zero-order valence-corrected chi connectivity index (χ0v) is 16.5. The van der Waals surface area contributed by atoms with Crippen LogP contribution in [0.2, 0.25) is 0 Å². The van der Waals surface area contributed by atoms with Crippen molar-refractivity contribution in [2.45, 2.75) is 30.6 Å². The fourth-order valence-electron chi connectivity index (χ4n) is 3.84. The molecule has 1 fully saturated rings. The Morgan fingerprint density at radius 3 is 2.52 bits per heavy atom. The Balaban J connectivity index is 1.38. The van der Waals surface area contributed by atoms with Gasteiger partial charge in [0.25, 0.3) is 0 Å². The van der Waals surface area contributed by atoms with E-state index in [1.165, 1.54) is 35.5 Å². The highest BCUT2D eigenvalue weighted by molar-refractivity contribution is 7.99. The smallest absolute Gasteiger partial charge is 0.243 e. The van der Waals surface area contributed by atoms with E-state index >= 15 is 0 Å². The molecule has 0 unspecified atom stereocenters. The molecule has 0 bridgehead atoms. The normalized spacial score (nSPS) is 17.2. The predicted octanol–water partition coefficient (Wildman–Crippen LogP) is 4.62. The fraction of sp³-hybridized carbons (Fsp3) is 0.409. The Labute approximate surface area is 165 Å². The minimum absolute atomic E-state index is 0.0439. The molecule has 142 valence electrons. The second kappa shape index (κ2) is 8.70. The van der Waals surface area contributed by atoms with Crippen LogP contribution in [-0.4, -0.2) is 37.8 Å². The van der Waals surface area contributed by atoms with E-state index < -0.39 is 0 Å². The zero-order chi connectivity index (χ0) is 18.5. The van der Waals surface area contributed by atoms with Gasteiger partial charge in [0, 0.05) is 35.9 Å². The first kappa shape index (κ1) is 18.2. The molecule has 1 amide bonds. The molecule has 2 heterocycles. The van der Waals surface area contributed by atoms with Gasteiger partial charge in [0.05, 0.1) is 12.2 Å². The molecule has 1 N–H and O–H groups in total. The van der Waals surface area contributed by atoms with Gasteiger partial charge in [-0.15, -0.1) is 11.8 Å². The number of carbonyl (C=O) groups is 1. The van der Waals surface area contributed by atoms with Crippen LogP contribution in [0.15, 0.2) is 53.4 Å². The van der Waals surface area contributed by atoms with Crippen LogP contribution in [0, 0.1) is 0 Å². The number of amides is 1. The van der Waals surface area contributed by atoms with E-state index in [-0.39, 0.29) is 5.91 Å². The van der Waals surface area contributed by atoms with Crippen LogP contribution in [0.5, 0.6) is 0 Å². The molecule has 2 aliphatic heterocycles. The van der Waals surface area contributed by atoms with Gasteiger partial charge < -0.3 is 15.1 Å². The van der Waals surface area contributed by atoms with Gasteiger partial charge in [-0.05, 0) is 67.8 Å². The van der Waals surface area contributed by atoms with Crippen molar-refractivity contribution in [1.29, 1.82) is 0 Å². The van der Waals surface area contributed by atoms with E-state index in [1.54, 1.807) is 0 Å². The molecule has 2 aliphatic rings. The lowest BCUT2D eigenvalue weighted by molar-refractivity contribution is -0.115. The van der Waals surface area contributed by atoms with Gasteiger partial charge in [-0.2, -0.15) is 0 Å². The lowest BCUT2D eigenvalue weighted by atomic mass is 10.1. The molecule has 5 heteroatoms. The van der Waals surface area contributed by atoms with Gasteiger partial charge in [0.2, 0.25) is 5.91 Å². The largest absolute Gasteiger partial charge is 0.372 e. The standard InChI is InChI=1S/C22H27N3OS/c26-22(17-25-15-6-16-27-21-8-3-2-7-20(21)25)23-18-9-11-19(12-10-18)24-13-4-1-5-14-24/h2-3,7-12H,1,4-6,13-17H2,(H,23,26). The summed E-state index contributed by atoms with van der Waals surface area (Å²) in [5.74, 6) is 1.15. The van der Waals surface area contributed by atoms with Crippen LogP contribution >= 0.6 is 11.8 Å². The third-order valence-electron chi connectivity index (χ3n) is 5.24. The molecule has 4 nitrogen and oxygen atoms in total. The number of hydrogen-bond acceptors (Lipinski definition) is 4. The molecule has 2 aromatic rings. The van der Waals surface area contributed by atoms with Crippen LogP contribution in [0.4, 0.5) is 17.1 Å². The second-order valence-electron chi connectivity index (χ2n) is 7.23. The molecule has 0 radical (unpaired) electrons. The number of hydrogen-bond donors (Lipinski definition) is 1. The van der Waals surface area contributed by atoms with Gasteiger partial charge in [-0.1, -0.05) is 12.1 Å².